The zero-order valence-electron chi connectivity index (χ0n) is 11.7. The Balaban J connectivity index is 1.69. The van der Waals surface area contributed by atoms with E-state index in [4.69, 9.17) is 0 Å². The van der Waals surface area contributed by atoms with Crippen LogP contribution in [0.2, 0.25) is 0 Å². The second-order valence-electron chi connectivity index (χ2n) is 4.69. The van der Waals surface area contributed by atoms with Crippen molar-refractivity contribution in [1.29, 1.82) is 0 Å². The fraction of sp³-hybridized carbons (Fsp3) is 0.125. The van der Waals surface area contributed by atoms with Crippen LogP contribution in [-0.4, -0.2) is 14.5 Å². The van der Waals surface area contributed by atoms with Gasteiger partial charge in [-0.3, -0.25) is 4.98 Å². The summed E-state index contributed by atoms with van der Waals surface area (Å²) in [5.74, 6) is 0. The Bertz CT molecular complexity index is 729. The molecule has 2 heterocycles. The molecule has 2 aromatic heterocycles. The van der Waals surface area contributed by atoms with E-state index in [1.165, 1.54) is 0 Å². The molecule has 5 heteroatoms. The van der Waals surface area contributed by atoms with Crippen molar-refractivity contribution in [3.05, 3.63) is 66.9 Å². The number of aromatic nitrogens is 3. The Morgan fingerprint density at radius 3 is 2.43 bits per heavy atom. The fourth-order valence-electron chi connectivity index (χ4n) is 2.02. The third kappa shape index (κ3) is 3.20. The van der Waals surface area contributed by atoms with Crippen molar-refractivity contribution in [3.63, 3.8) is 0 Å². The second-order valence-corrected chi connectivity index (χ2v) is 4.69. The molecule has 0 saturated heterocycles. The molecule has 0 aliphatic rings. The molecule has 5 nitrogen and oxygen atoms in total. The van der Waals surface area contributed by atoms with E-state index in [9.17, 15) is 0 Å². The Kier molecular flexibility index (Phi) is 3.82. The molecule has 0 radical (unpaired) electrons. The molecule has 0 saturated carbocycles. The quantitative estimate of drug-likeness (QED) is 0.682. The average molecular weight is 277 g/mol. The molecule has 3 rings (SSSR count). The molecule has 0 bridgehead atoms. The zero-order chi connectivity index (χ0) is 14.5. The lowest BCUT2D eigenvalue weighted by Crippen LogP contribution is -1.88. The van der Waals surface area contributed by atoms with E-state index in [0.29, 0.717) is 6.54 Å². The summed E-state index contributed by atoms with van der Waals surface area (Å²) in [6, 6.07) is 11.8. The zero-order valence-corrected chi connectivity index (χ0v) is 11.7. The maximum absolute atomic E-state index is 4.23. The second kappa shape index (κ2) is 6.09. The molecule has 0 N–H and O–H groups in total. The van der Waals surface area contributed by atoms with Gasteiger partial charge in [-0.15, -0.1) is 0 Å². The highest BCUT2D eigenvalue weighted by Gasteiger charge is 2.01. The first-order chi connectivity index (χ1) is 10.3. The summed E-state index contributed by atoms with van der Waals surface area (Å²) in [4.78, 5) is 8.09. The van der Waals surface area contributed by atoms with Gasteiger partial charge in [-0.05, 0) is 35.4 Å². The Morgan fingerprint density at radius 1 is 1.00 bits per heavy atom. The number of azo groups is 1. The van der Waals surface area contributed by atoms with Crippen LogP contribution >= 0.6 is 0 Å². The van der Waals surface area contributed by atoms with Gasteiger partial charge in [0.1, 0.15) is 0 Å². The van der Waals surface area contributed by atoms with Gasteiger partial charge in [0.2, 0.25) is 0 Å². The Labute approximate surface area is 123 Å². The summed E-state index contributed by atoms with van der Waals surface area (Å²) < 4.78 is 1.99. The van der Waals surface area contributed by atoms with E-state index >= 15 is 0 Å². The first-order valence-electron chi connectivity index (χ1n) is 6.66. The summed E-state index contributed by atoms with van der Waals surface area (Å²) in [5.41, 5.74) is 4.13. The molecule has 21 heavy (non-hydrogen) atoms. The van der Waals surface area contributed by atoms with Crippen LogP contribution in [0.15, 0.2) is 71.5 Å². The lowest BCUT2D eigenvalue weighted by Gasteiger charge is -2.02. The van der Waals surface area contributed by atoms with Crippen LogP contribution in [0.4, 0.5) is 5.69 Å². The van der Waals surface area contributed by atoms with Crippen molar-refractivity contribution in [1.82, 2.24) is 14.5 Å². The number of hydrogen-bond donors (Lipinski definition) is 0. The average Bonchev–Trinajstić information content (AvgIpc) is 2.95. The number of rotatable bonds is 4. The number of hydrogen-bond acceptors (Lipinski definition) is 4. The maximum atomic E-state index is 4.23. The monoisotopic (exact) mass is 277 g/mol. The number of nitrogens with zero attached hydrogens (tertiary/aromatic N) is 5. The number of aryl methyl sites for hydroxylation is 1. The van der Waals surface area contributed by atoms with Crippen LogP contribution in [0.3, 0.4) is 0 Å². The van der Waals surface area contributed by atoms with Crippen LogP contribution in [0.1, 0.15) is 5.56 Å². The highest BCUT2D eigenvalue weighted by atomic mass is 15.1. The van der Waals surface area contributed by atoms with Crippen molar-refractivity contribution >= 4 is 5.69 Å². The number of imidazole rings is 1. The van der Waals surface area contributed by atoms with Crippen LogP contribution in [0.5, 0.6) is 0 Å². The molecule has 0 amide bonds. The summed E-state index contributed by atoms with van der Waals surface area (Å²) in [7, 11) is 1.98. The normalized spacial score (nSPS) is 11.1. The first kappa shape index (κ1) is 13.2. The van der Waals surface area contributed by atoms with Crippen molar-refractivity contribution in [2.45, 2.75) is 6.54 Å². The molecule has 0 aliphatic carbocycles. The molecular formula is C16H15N5. The minimum atomic E-state index is 0.562. The Morgan fingerprint density at radius 2 is 1.76 bits per heavy atom. The number of pyridine rings is 1. The van der Waals surface area contributed by atoms with Crippen LogP contribution in [0, 0.1) is 0 Å². The van der Waals surface area contributed by atoms with E-state index in [1.54, 1.807) is 18.7 Å². The molecule has 0 atom stereocenters. The van der Waals surface area contributed by atoms with Crippen molar-refractivity contribution < 1.29 is 0 Å². The van der Waals surface area contributed by atoms with Gasteiger partial charge in [0.05, 0.1) is 30.5 Å². The lowest BCUT2D eigenvalue weighted by atomic mass is 10.1. The van der Waals surface area contributed by atoms with Crippen LogP contribution in [-0.2, 0) is 13.6 Å². The smallest absolute Gasteiger partial charge is 0.0948 e. The largest absolute Gasteiger partial charge is 0.334 e. The van der Waals surface area contributed by atoms with Gasteiger partial charge in [-0.25, -0.2) is 4.98 Å². The van der Waals surface area contributed by atoms with Gasteiger partial charge in [0.25, 0.3) is 0 Å². The predicted octanol–water partition coefficient (Wildman–Crippen LogP) is 3.77. The van der Waals surface area contributed by atoms with E-state index in [2.05, 4.69) is 20.2 Å². The lowest BCUT2D eigenvalue weighted by molar-refractivity contribution is 0.921. The maximum Gasteiger partial charge on any atom is 0.0948 e. The van der Waals surface area contributed by atoms with Crippen molar-refractivity contribution in [2.24, 2.45) is 17.3 Å². The van der Waals surface area contributed by atoms with E-state index < -0.39 is 0 Å². The molecule has 0 spiro atoms. The fourth-order valence-corrected chi connectivity index (χ4v) is 2.02. The summed E-state index contributed by atoms with van der Waals surface area (Å²) >= 11 is 0. The first-order valence-corrected chi connectivity index (χ1v) is 6.66. The molecular weight excluding hydrogens is 262 g/mol. The molecule has 3 aromatic rings. The predicted molar refractivity (Wildman–Crippen MR) is 81.1 cm³/mol. The summed E-state index contributed by atoms with van der Waals surface area (Å²) in [6.07, 6.45) is 7.15. The summed E-state index contributed by atoms with van der Waals surface area (Å²) in [6.45, 7) is 0.562. The van der Waals surface area contributed by atoms with Gasteiger partial charge >= 0.3 is 0 Å². The molecule has 0 fully saturated rings. The third-order valence-electron chi connectivity index (χ3n) is 3.17. The van der Waals surface area contributed by atoms with Crippen LogP contribution < -0.4 is 0 Å². The summed E-state index contributed by atoms with van der Waals surface area (Å²) in [5, 5.41) is 8.43. The van der Waals surface area contributed by atoms with Crippen molar-refractivity contribution in [3.8, 4) is 11.3 Å². The molecule has 0 unspecified atom stereocenters. The van der Waals surface area contributed by atoms with E-state index in [0.717, 1.165) is 22.5 Å². The number of benzene rings is 1. The van der Waals surface area contributed by atoms with Gasteiger partial charge in [-0.1, -0.05) is 12.1 Å². The minimum absolute atomic E-state index is 0.562. The minimum Gasteiger partial charge on any atom is -0.334 e. The van der Waals surface area contributed by atoms with Gasteiger partial charge in [0, 0.05) is 19.4 Å². The topological polar surface area (TPSA) is 55.4 Å². The Hall–Kier alpha value is -2.82. The van der Waals surface area contributed by atoms with E-state index in [1.807, 2.05) is 54.2 Å². The van der Waals surface area contributed by atoms with Crippen molar-refractivity contribution in [2.75, 3.05) is 0 Å². The van der Waals surface area contributed by atoms with Gasteiger partial charge in [0.15, 0.2) is 0 Å². The standard InChI is InChI=1S/C16H15N5/c1-21-12-18-11-16(21)14-2-4-15(5-3-14)20-19-10-13-6-8-17-9-7-13/h2-9,11-12H,10H2,1H3. The van der Waals surface area contributed by atoms with E-state index in [-0.39, 0.29) is 0 Å². The highest BCUT2D eigenvalue weighted by Crippen LogP contribution is 2.22. The molecule has 0 aliphatic heterocycles. The third-order valence-corrected chi connectivity index (χ3v) is 3.17. The molecule has 104 valence electrons. The SMILES string of the molecule is Cn1cncc1-c1ccc(N=NCc2ccncc2)cc1. The highest BCUT2D eigenvalue weighted by molar-refractivity contribution is 5.61. The van der Waals surface area contributed by atoms with Crippen LogP contribution in [0.25, 0.3) is 11.3 Å². The van der Waals surface area contributed by atoms with Gasteiger partial charge < -0.3 is 4.57 Å². The van der Waals surface area contributed by atoms with Gasteiger partial charge in [-0.2, -0.15) is 10.2 Å². The molecule has 1 aromatic carbocycles.